The molecule has 1 fully saturated rings. The molecule has 142 valence electrons. The summed E-state index contributed by atoms with van der Waals surface area (Å²) in [5, 5.41) is 26.7. The zero-order valence-corrected chi connectivity index (χ0v) is 15.4. The molecule has 1 aliphatic heterocycles. The van der Waals surface area contributed by atoms with Gasteiger partial charge in [0.15, 0.2) is 5.82 Å². The van der Waals surface area contributed by atoms with Gasteiger partial charge in [0.05, 0.1) is 18.0 Å². The summed E-state index contributed by atoms with van der Waals surface area (Å²) < 4.78 is 7.13. The van der Waals surface area contributed by atoms with Gasteiger partial charge in [0.1, 0.15) is 11.3 Å². The topological polar surface area (TPSA) is 126 Å². The predicted molar refractivity (Wildman–Crippen MR) is 105 cm³/mol. The number of aromatic nitrogens is 2. The first-order valence-electron chi connectivity index (χ1n) is 9.19. The number of nitriles is 1. The Morgan fingerprint density at radius 3 is 3.07 bits per heavy atom. The number of rotatable bonds is 4. The minimum Gasteiger partial charge on any atom is -0.532 e. The number of hydrogen-bond donors (Lipinski definition) is 3. The monoisotopic (exact) mass is 377 g/mol. The van der Waals surface area contributed by atoms with Crippen molar-refractivity contribution >= 4 is 30.6 Å². The van der Waals surface area contributed by atoms with Gasteiger partial charge in [-0.15, -0.1) is 0 Å². The van der Waals surface area contributed by atoms with E-state index in [1.807, 2.05) is 19.1 Å². The van der Waals surface area contributed by atoms with Crippen LogP contribution in [0.4, 0.5) is 11.5 Å². The molecule has 0 bridgehead atoms. The molecule has 28 heavy (non-hydrogen) atoms. The van der Waals surface area contributed by atoms with Crippen LogP contribution in [0.3, 0.4) is 0 Å². The van der Waals surface area contributed by atoms with Crippen LogP contribution >= 0.6 is 0 Å². The molecule has 2 aromatic rings. The van der Waals surface area contributed by atoms with Crippen molar-refractivity contribution in [3.8, 4) is 11.8 Å². The van der Waals surface area contributed by atoms with Crippen LogP contribution in [-0.4, -0.2) is 27.8 Å². The van der Waals surface area contributed by atoms with E-state index in [1.165, 1.54) is 0 Å². The molecule has 0 unspecified atom stereocenters. The standard InChI is InChI=1S/C19H20BN5O3/c1-11-7-14(8-12-5-6-20(27)28-17(11)12)23-19-15(18(22)26)10-25(24-19)16-4-2-3-13(16)9-21/h5-8,10,13,16,27H,2-4H2,1H3,(H2,22,26)(H,23,24)/t13-,16+/m0/s1. The Kier molecular flexibility index (Phi) is 4.57. The maximum Gasteiger partial charge on any atom is 0.552 e. The molecule has 9 heteroatoms. The average Bonchev–Trinajstić information content (AvgIpc) is 3.28. The number of aryl methyl sites for hydroxylation is 1. The van der Waals surface area contributed by atoms with Gasteiger partial charge in [-0.05, 0) is 49.9 Å². The Bertz CT molecular complexity index is 1010. The summed E-state index contributed by atoms with van der Waals surface area (Å²) in [6, 6.07) is 5.97. The lowest BCUT2D eigenvalue weighted by Gasteiger charge is -2.19. The van der Waals surface area contributed by atoms with Crippen molar-refractivity contribution in [3.63, 3.8) is 0 Å². The van der Waals surface area contributed by atoms with E-state index < -0.39 is 13.0 Å². The van der Waals surface area contributed by atoms with E-state index in [0.717, 1.165) is 36.1 Å². The van der Waals surface area contributed by atoms with Gasteiger partial charge in [-0.3, -0.25) is 9.48 Å². The minimum absolute atomic E-state index is 0.0539. The number of carbonyl (C=O) groups is 1. The molecule has 1 aromatic heterocycles. The van der Waals surface area contributed by atoms with Gasteiger partial charge >= 0.3 is 7.12 Å². The summed E-state index contributed by atoms with van der Waals surface area (Å²) in [5.41, 5.74) is 8.20. The second-order valence-corrected chi connectivity index (χ2v) is 7.17. The van der Waals surface area contributed by atoms with Crippen molar-refractivity contribution in [2.45, 2.75) is 32.2 Å². The van der Waals surface area contributed by atoms with Gasteiger partial charge in [0.25, 0.3) is 5.91 Å². The molecule has 4 rings (SSSR count). The SMILES string of the molecule is Cc1cc(Nc2nn([C@@H]3CCC[C@H]3C#N)cc2C(N)=O)cc2c1OB(O)C=C2. The Hall–Kier alpha value is -3.25. The number of fused-ring (bicyclic) bond motifs is 1. The molecule has 1 saturated carbocycles. The molecule has 8 nitrogen and oxygen atoms in total. The number of primary amides is 1. The third kappa shape index (κ3) is 3.23. The van der Waals surface area contributed by atoms with Crippen LogP contribution in [0, 0.1) is 24.2 Å². The van der Waals surface area contributed by atoms with E-state index in [4.69, 9.17) is 10.4 Å². The highest BCUT2D eigenvalue weighted by molar-refractivity contribution is 6.51. The molecule has 2 heterocycles. The second-order valence-electron chi connectivity index (χ2n) is 7.17. The Morgan fingerprint density at radius 2 is 2.32 bits per heavy atom. The molecular formula is C19H20BN5O3. The number of hydrogen-bond acceptors (Lipinski definition) is 6. The summed E-state index contributed by atoms with van der Waals surface area (Å²) in [5.74, 6) is 1.83. The van der Waals surface area contributed by atoms with Gasteiger partial charge in [-0.25, -0.2) is 0 Å². The van der Waals surface area contributed by atoms with Crippen LogP contribution in [0.25, 0.3) is 6.08 Å². The smallest absolute Gasteiger partial charge is 0.532 e. The largest absolute Gasteiger partial charge is 0.552 e. The molecule has 0 saturated heterocycles. The number of nitrogens with two attached hydrogens (primary N) is 1. The van der Waals surface area contributed by atoms with Crippen molar-refractivity contribution in [1.29, 1.82) is 5.26 Å². The van der Waals surface area contributed by atoms with E-state index in [-0.39, 0.29) is 17.5 Å². The van der Waals surface area contributed by atoms with Gasteiger partial charge in [0, 0.05) is 17.4 Å². The van der Waals surface area contributed by atoms with Crippen LogP contribution in [-0.2, 0) is 0 Å². The van der Waals surface area contributed by atoms with Crippen molar-refractivity contribution in [3.05, 3.63) is 41.0 Å². The number of carbonyl (C=O) groups excluding carboxylic acids is 1. The zero-order valence-electron chi connectivity index (χ0n) is 15.4. The molecule has 1 aliphatic carbocycles. The summed E-state index contributed by atoms with van der Waals surface area (Å²) >= 11 is 0. The first-order valence-corrected chi connectivity index (χ1v) is 9.19. The fourth-order valence-electron chi connectivity index (χ4n) is 3.88. The van der Waals surface area contributed by atoms with Gasteiger partial charge in [0.2, 0.25) is 0 Å². The first-order chi connectivity index (χ1) is 13.5. The van der Waals surface area contributed by atoms with Crippen LogP contribution in [0.1, 0.15) is 46.8 Å². The van der Waals surface area contributed by atoms with E-state index in [2.05, 4.69) is 16.5 Å². The van der Waals surface area contributed by atoms with E-state index in [9.17, 15) is 15.1 Å². The average molecular weight is 377 g/mol. The minimum atomic E-state index is -0.957. The summed E-state index contributed by atoms with van der Waals surface area (Å²) in [7, 11) is -0.957. The van der Waals surface area contributed by atoms with Crippen LogP contribution in [0.5, 0.6) is 5.75 Å². The lowest BCUT2D eigenvalue weighted by Crippen LogP contribution is -2.22. The fraction of sp³-hybridized carbons (Fsp3) is 0.316. The van der Waals surface area contributed by atoms with Crippen LogP contribution in [0.2, 0.25) is 0 Å². The predicted octanol–water partition coefficient (Wildman–Crippen LogP) is 2.32. The van der Waals surface area contributed by atoms with Crippen molar-refractivity contribution < 1.29 is 14.5 Å². The summed E-state index contributed by atoms with van der Waals surface area (Å²) in [4.78, 5) is 11.9. The van der Waals surface area contributed by atoms with Crippen molar-refractivity contribution in [2.24, 2.45) is 11.7 Å². The Labute approximate surface area is 162 Å². The number of anilines is 2. The highest BCUT2D eigenvalue weighted by Gasteiger charge is 2.31. The Morgan fingerprint density at radius 1 is 1.50 bits per heavy atom. The highest BCUT2D eigenvalue weighted by atomic mass is 16.5. The number of amides is 1. The van der Waals surface area contributed by atoms with Crippen LogP contribution in [0.15, 0.2) is 24.3 Å². The van der Waals surface area contributed by atoms with Crippen LogP contribution < -0.4 is 15.7 Å². The van der Waals surface area contributed by atoms with Crippen molar-refractivity contribution in [2.75, 3.05) is 5.32 Å². The summed E-state index contributed by atoms with van der Waals surface area (Å²) in [6.45, 7) is 1.87. The number of benzene rings is 1. The number of nitrogens with one attached hydrogen (secondary N) is 1. The first kappa shape index (κ1) is 18.1. The molecule has 0 spiro atoms. The quantitative estimate of drug-likeness (QED) is 0.702. The molecule has 1 aromatic carbocycles. The normalized spacial score (nSPS) is 20.4. The fourth-order valence-corrected chi connectivity index (χ4v) is 3.88. The molecule has 1 amide bonds. The molecule has 0 radical (unpaired) electrons. The maximum absolute atomic E-state index is 11.9. The third-order valence-electron chi connectivity index (χ3n) is 5.23. The molecule has 4 N–H and O–H groups in total. The molecule has 2 atom stereocenters. The number of nitrogens with zero attached hydrogens (tertiary/aromatic N) is 3. The highest BCUT2D eigenvalue weighted by Crippen LogP contribution is 2.37. The molecular weight excluding hydrogens is 357 g/mol. The van der Waals surface area contributed by atoms with Gasteiger partial charge in [-0.1, -0.05) is 6.08 Å². The second kappa shape index (κ2) is 7.05. The van der Waals surface area contributed by atoms with Crippen molar-refractivity contribution in [1.82, 2.24) is 9.78 Å². The maximum atomic E-state index is 11.9. The summed E-state index contributed by atoms with van der Waals surface area (Å²) in [6.07, 6.45) is 6.04. The molecule has 2 aliphatic rings. The van der Waals surface area contributed by atoms with E-state index >= 15 is 0 Å². The Balaban J connectivity index is 1.67. The van der Waals surface area contributed by atoms with Gasteiger partial charge in [-0.2, -0.15) is 10.4 Å². The zero-order chi connectivity index (χ0) is 19.8. The lowest BCUT2D eigenvalue weighted by atomic mass is 9.86. The van der Waals surface area contributed by atoms with E-state index in [1.54, 1.807) is 22.9 Å². The van der Waals surface area contributed by atoms with Gasteiger partial charge < -0.3 is 20.7 Å². The lowest BCUT2D eigenvalue weighted by molar-refractivity contribution is 0.100. The van der Waals surface area contributed by atoms with E-state index in [0.29, 0.717) is 11.6 Å². The third-order valence-corrected chi connectivity index (χ3v) is 5.23.